The molecule has 0 spiro atoms. The van der Waals surface area contributed by atoms with Crippen LogP contribution in [0.25, 0.3) is 0 Å². The first-order chi connectivity index (χ1) is 12.0. The number of aromatic nitrogens is 3. The van der Waals surface area contributed by atoms with Crippen molar-refractivity contribution in [3.8, 4) is 0 Å². The van der Waals surface area contributed by atoms with E-state index in [0.717, 1.165) is 32.7 Å². The molecule has 1 aromatic heterocycles. The van der Waals surface area contributed by atoms with Crippen LogP contribution in [-0.2, 0) is 10.3 Å². The van der Waals surface area contributed by atoms with E-state index in [9.17, 15) is 0 Å². The number of anilines is 2. The highest BCUT2D eigenvalue weighted by molar-refractivity contribution is 6.66. The van der Waals surface area contributed by atoms with Crippen molar-refractivity contribution < 1.29 is 0 Å². The molecule has 1 aromatic carbocycles. The quantitative estimate of drug-likeness (QED) is 0.461. The van der Waals surface area contributed by atoms with Crippen molar-refractivity contribution in [1.29, 1.82) is 0 Å². The van der Waals surface area contributed by atoms with Crippen molar-refractivity contribution in [1.82, 2.24) is 19.9 Å². The van der Waals surface area contributed by atoms with E-state index < -0.39 is 3.79 Å². The molecule has 0 amide bonds. The molecule has 1 aliphatic heterocycles. The number of piperazine rings is 1. The molecule has 3 rings (SSSR count). The Balaban J connectivity index is 1.68. The van der Waals surface area contributed by atoms with Gasteiger partial charge in [-0.3, -0.25) is 10.3 Å². The molecular weight excluding hydrogens is 385 g/mol. The van der Waals surface area contributed by atoms with E-state index in [1.54, 1.807) is 0 Å². The number of halogens is 3. The monoisotopic (exact) mass is 401 g/mol. The zero-order valence-electron chi connectivity index (χ0n) is 13.4. The number of nitrogens with zero attached hydrogens (tertiary/aromatic N) is 5. The fourth-order valence-electron chi connectivity index (χ4n) is 2.65. The average molecular weight is 403 g/mol. The maximum absolute atomic E-state index is 5.89. The van der Waals surface area contributed by atoms with Crippen LogP contribution < -0.4 is 16.2 Å². The summed E-state index contributed by atoms with van der Waals surface area (Å²) in [5.41, 5.74) is 3.68. The van der Waals surface area contributed by atoms with Crippen LogP contribution in [0.5, 0.6) is 0 Å². The number of hydrazine groups is 1. The highest BCUT2D eigenvalue weighted by atomic mass is 35.6. The predicted molar refractivity (Wildman–Crippen MR) is 101 cm³/mol. The topological polar surface area (TPSA) is 83.2 Å². The Morgan fingerprint density at radius 2 is 1.68 bits per heavy atom. The molecule has 0 aliphatic carbocycles. The molecule has 1 saturated heterocycles. The molecule has 0 atom stereocenters. The molecule has 0 radical (unpaired) electrons. The Labute approximate surface area is 161 Å². The van der Waals surface area contributed by atoms with Crippen molar-refractivity contribution in [2.24, 2.45) is 5.84 Å². The van der Waals surface area contributed by atoms with Gasteiger partial charge in [0.25, 0.3) is 0 Å². The van der Waals surface area contributed by atoms with Gasteiger partial charge in [-0.1, -0.05) is 65.1 Å². The molecule has 0 unspecified atom stereocenters. The van der Waals surface area contributed by atoms with E-state index in [1.807, 2.05) is 11.0 Å². The summed E-state index contributed by atoms with van der Waals surface area (Å²) in [6, 6.07) is 10.4. The Bertz CT molecular complexity index is 700. The van der Waals surface area contributed by atoms with Crippen molar-refractivity contribution in [3.05, 3.63) is 41.7 Å². The van der Waals surface area contributed by atoms with Crippen molar-refractivity contribution in [2.75, 3.05) is 36.5 Å². The van der Waals surface area contributed by atoms with Crippen molar-refractivity contribution in [3.63, 3.8) is 0 Å². The Morgan fingerprint density at radius 3 is 2.28 bits per heavy atom. The largest absolute Gasteiger partial charge is 0.338 e. The molecule has 2 aromatic rings. The first-order valence-corrected chi connectivity index (χ1v) is 8.90. The lowest BCUT2D eigenvalue weighted by molar-refractivity contribution is 0.248. The first kappa shape index (κ1) is 18.4. The highest BCUT2D eigenvalue weighted by Gasteiger charge is 2.30. The SMILES string of the molecule is NNc1nc(N2CCN(Cc3ccccc3)CC2)nc(C(Cl)(Cl)Cl)n1. The maximum Gasteiger partial charge on any atom is 0.250 e. The number of benzene rings is 1. The summed E-state index contributed by atoms with van der Waals surface area (Å²) in [7, 11) is 0. The summed E-state index contributed by atoms with van der Waals surface area (Å²) < 4.78 is -1.74. The van der Waals surface area contributed by atoms with E-state index in [-0.39, 0.29) is 11.8 Å². The smallest absolute Gasteiger partial charge is 0.250 e. The van der Waals surface area contributed by atoms with Gasteiger partial charge in [-0.05, 0) is 5.56 Å². The van der Waals surface area contributed by atoms with Crippen molar-refractivity contribution >= 4 is 46.7 Å². The van der Waals surface area contributed by atoms with Gasteiger partial charge in [0.1, 0.15) is 0 Å². The third-order valence-corrected chi connectivity index (χ3v) is 4.42. The van der Waals surface area contributed by atoms with E-state index in [4.69, 9.17) is 40.6 Å². The summed E-state index contributed by atoms with van der Waals surface area (Å²) in [5.74, 6) is 6.07. The summed E-state index contributed by atoms with van der Waals surface area (Å²) >= 11 is 17.7. The zero-order chi connectivity index (χ0) is 17.9. The van der Waals surface area contributed by atoms with Crippen LogP contribution in [0, 0.1) is 0 Å². The normalized spacial score (nSPS) is 16.1. The standard InChI is InChI=1S/C15H18Cl3N7/c16-15(17,18)12-20-13(23-19)22-14(21-12)25-8-6-24(7-9-25)10-11-4-2-1-3-5-11/h1-5H,6-10,19H2,(H,20,21,22,23). The first-order valence-electron chi connectivity index (χ1n) is 7.77. The minimum absolute atomic E-state index is 0.0437. The minimum atomic E-state index is -1.74. The predicted octanol–water partition coefficient (Wildman–Crippen LogP) is 2.31. The van der Waals surface area contributed by atoms with Crippen LogP contribution in [-0.4, -0.2) is 46.0 Å². The van der Waals surface area contributed by atoms with Crippen molar-refractivity contribution in [2.45, 2.75) is 10.3 Å². The molecule has 1 fully saturated rings. The van der Waals surface area contributed by atoms with Gasteiger partial charge in [0.2, 0.25) is 15.7 Å². The second-order valence-electron chi connectivity index (χ2n) is 5.67. The van der Waals surface area contributed by atoms with Gasteiger partial charge in [-0.2, -0.15) is 15.0 Å². The number of rotatable bonds is 4. The van der Waals surface area contributed by atoms with Crippen LogP contribution in [0.1, 0.15) is 11.4 Å². The van der Waals surface area contributed by atoms with Gasteiger partial charge in [-0.25, -0.2) is 5.84 Å². The lowest BCUT2D eigenvalue weighted by atomic mass is 10.2. The fourth-order valence-corrected chi connectivity index (χ4v) is 2.90. The van der Waals surface area contributed by atoms with Crippen LogP contribution in [0.3, 0.4) is 0 Å². The molecule has 3 N–H and O–H groups in total. The van der Waals surface area contributed by atoms with Gasteiger partial charge in [-0.15, -0.1) is 0 Å². The van der Waals surface area contributed by atoms with Crippen LogP contribution in [0.15, 0.2) is 30.3 Å². The number of hydrogen-bond donors (Lipinski definition) is 2. The molecule has 10 heteroatoms. The summed E-state index contributed by atoms with van der Waals surface area (Å²) in [5, 5.41) is 0. The number of hydrogen-bond acceptors (Lipinski definition) is 7. The van der Waals surface area contributed by atoms with Gasteiger partial charge >= 0.3 is 0 Å². The van der Waals surface area contributed by atoms with E-state index in [0.29, 0.717) is 5.95 Å². The molecular formula is C15H18Cl3N7. The highest BCUT2D eigenvalue weighted by Crippen LogP contribution is 2.36. The number of nitrogen functional groups attached to an aromatic ring is 1. The fraction of sp³-hybridized carbons (Fsp3) is 0.400. The molecule has 7 nitrogen and oxygen atoms in total. The maximum atomic E-state index is 5.89. The second-order valence-corrected chi connectivity index (χ2v) is 7.95. The minimum Gasteiger partial charge on any atom is -0.338 e. The lowest BCUT2D eigenvalue weighted by Gasteiger charge is -2.35. The van der Waals surface area contributed by atoms with E-state index in [1.165, 1.54) is 5.56 Å². The third-order valence-electron chi connectivity index (χ3n) is 3.91. The molecule has 0 saturated carbocycles. The van der Waals surface area contributed by atoms with Gasteiger partial charge in [0.05, 0.1) is 0 Å². The van der Waals surface area contributed by atoms with Crippen LogP contribution in [0.2, 0.25) is 0 Å². The van der Waals surface area contributed by atoms with Gasteiger partial charge in [0, 0.05) is 32.7 Å². The summed E-state index contributed by atoms with van der Waals surface area (Å²) in [6.07, 6.45) is 0. The molecule has 134 valence electrons. The van der Waals surface area contributed by atoms with E-state index >= 15 is 0 Å². The Morgan fingerprint density at radius 1 is 1.00 bits per heavy atom. The summed E-state index contributed by atoms with van der Waals surface area (Å²) in [6.45, 7) is 4.21. The zero-order valence-corrected chi connectivity index (χ0v) is 15.6. The third kappa shape index (κ3) is 4.83. The van der Waals surface area contributed by atoms with Crippen LogP contribution >= 0.6 is 34.8 Å². The van der Waals surface area contributed by atoms with Crippen LogP contribution in [0.4, 0.5) is 11.9 Å². The Kier molecular flexibility index (Phi) is 5.81. The molecule has 25 heavy (non-hydrogen) atoms. The molecule has 1 aliphatic rings. The number of nitrogens with one attached hydrogen (secondary N) is 1. The average Bonchev–Trinajstić information content (AvgIpc) is 2.62. The second kappa shape index (κ2) is 7.88. The molecule has 2 heterocycles. The number of alkyl halides is 3. The molecule has 0 bridgehead atoms. The summed E-state index contributed by atoms with van der Waals surface area (Å²) in [4.78, 5) is 17.0. The Hall–Kier alpha value is -1.38. The lowest BCUT2D eigenvalue weighted by Crippen LogP contribution is -2.46. The van der Waals surface area contributed by atoms with E-state index in [2.05, 4.69) is 49.5 Å². The number of nitrogens with two attached hydrogens (primary N) is 1. The van der Waals surface area contributed by atoms with Gasteiger partial charge < -0.3 is 4.90 Å². The van der Waals surface area contributed by atoms with Gasteiger partial charge in [0.15, 0.2) is 5.82 Å².